The van der Waals surface area contributed by atoms with E-state index in [-0.39, 0.29) is 60.3 Å². The molecule has 2 unspecified atom stereocenters. The first-order chi connectivity index (χ1) is 21.2. The number of nitrogens with zero attached hydrogens (tertiary/aromatic N) is 5. The fourth-order valence-electron chi connectivity index (χ4n) is 6.27. The molecule has 1 amide bonds. The van der Waals surface area contributed by atoms with Crippen LogP contribution in [0.15, 0.2) is 47.3 Å². The number of amidine groups is 1. The Morgan fingerprint density at radius 3 is 2.42 bits per heavy atom. The first kappa shape index (κ1) is 32.3. The lowest BCUT2D eigenvalue weighted by atomic mass is 9.93. The van der Waals surface area contributed by atoms with Gasteiger partial charge < -0.3 is 26.0 Å². The number of aliphatic hydroxyl groups is 1. The van der Waals surface area contributed by atoms with Crippen molar-refractivity contribution in [3.8, 4) is 11.3 Å². The van der Waals surface area contributed by atoms with Crippen LogP contribution in [0.1, 0.15) is 40.2 Å². The molecule has 240 valence electrons. The van der Waals surface area contributed by atoms with Gasteiger partial charge in [0.1, 0.15) is 17.3 Å². The first-order valence-electron chi connectivity index (χ1n) is 14.4. The Bertz CT molecular complexity index is 1640. The van der Waals surface area contributed by atoms with Gasteiger partial charge in [-0.15, -0.1) is 0 Å². The van der Waals surface area contributed by atoms with Crippen LogP contribution in [0.5, 0.6) is 0 Å². The third kappa shape index (κ3) is 5.31. The largest absolute Gasteiger partial charge is 0.395 e. The lowest BCUT2D eigenvalue weighted by Crippen LogP contribution is -2.60. The third-order valence-electron chi connectivity index (χ3n) is 8.31. The summed E-state index contributed by atoms with van der Waals surface area (Å²) in [6.07, 6.45) is 3.22. The number of hydrogen-bond donors (Lipinski definition) is 3. The van der Waals surface area contributed by atoms with Gasteiger partial charge in [-0.3, -0.25) is 9.69 Å². The molecule has 4 N–H and O–H groups in total. The molecule has 0 radical (unpaired) electrons. The highest BCUT2D eigenvalue weighted by atomic mass is 35.5. The summed E-state index contributed by atoms with van der Waals surface area (Å²) in [6.45, 7) is 13.6. The smallest absolute Gasteiger partial charge is 0.246 e. The number of allylic oxidation sites excluding steroid dienone is 2. The van der Waals surface area contributed by atoms with E-state index < -0.39 is 51.6 Å². The number of aliphatic imine (C=N–C) groups is 1. The minimum atomic E-state index is -1.93. The highest BCUT2D eigenvalue weighted by molar-refractivity contribution is 6.35. The Balaban J connectivity index is 1.74. The molecule has 4 heterocycles. The Kier molecular flexibility index (Phi) is 8.62. The number of benzene rings is 1. The number of nitrogens with one attached hydrogen (secondary N) is 1. The van der Waals surface area contributed by atoms with Gasteiger partial charge in [0.15, 0.2) is 23.3 Å². The van der Waals surface area contributed by atoms with Crippen LogP contribution >= 0.6 is 11.6 Å². The van der Waals surface area contributed by atoms with Crippen LogP contribution in [0.3, 0.4) is 0 Å². The van der Waals surface area contributed by atoms with E-state index in [0.29, 0.717) is 5.70 Å². The second-order valence-corrected chi connectivity index (χ2v) is 12.1. The number of nitrogen functional groups attached to an aromatic ring is 1. The van der Waals surface area contributed by atoms with Crippen molar-refractivity contribution in [2.45, 2.75) is 59.1 Å². The molecule has 4 atom stereocenters. The molecule has 0 spiro atoms. The zero-order valence-corrected chi connectivity index (χ0v) is 26.1. The maximum absolute atomic E-state index is 16.0. The highest BCUT2D eigenvalue weighted by Gasteiger charge is 2.41. The predicted octanol–water partition coefficient (Wildman–Crippen LogP) is 4.91. The number of nitrogens with two attached hydrogens (primary N) is 1. The fraction of sp³-hybridized carbons (Fsp3) is 0.387. The van der Waals surface area contributed by atoms with Crippen LogP contribution in [0.25, 0.3) is 11.3 Å². The number of rotatable bonds is 4. The van der Waals surface area contributed by atoms with Crippen molar-refractivity contribution >= 4 is 34.8 Å². The molecule has 1 fully saturated rings. The molecule has 0 aliphatic carbocycles. The maximum Gasteiger partial charge on any atom is 0.246 e. The lowest BCUT2D eigenvalue weighted by Gasteiger charge is -2.47. The van der Waals surface area contributed by atoms with E-state index in [2.05, 4.69) is 21.9 Å². The normalized spacial score (nSPS) is 23.3. The quantitative estimate of drug-likeness (QED) is 0.142. The van der Waals surface area contributed by atoms with Crippen molar-refractivity contribution in [3.63, 3.8) is 0 Å². The number of hydrogen-bond acceptors (Lipinski definition) is 8. The van der Waals surface area contributed by atoms with Crippen molar-refractivity contribution in [2.24, 2.45) is 10.9 Å². The van der Waals surface area contributed by atoms with E-state index in [4.69, 9.17) is 17.3 Å². The Hall–Kier alpha value is -4.10. The zero-order chi connectivity index (χ0) is 33.1. The van der Waals surface area contributed by atoms with E-state index >= 15 is 8.78 Å². The molecule has 0 saturated carbocycles. The number of aromatic nitrogens is 1. The topological polar surface area (TPSA) is 110 Å². The van der Waals surface area contributed by atoms with Crippen LogP contribution in [0.4, 0.5) is 29.1 Å². The second kappa shape index (κ2) is 12.0. The summed E-state index contributed by atoms with van der Waals surface area (Å²) < 4.78 is 60.0. The number of carbonyl (C=O) groups excluding carboxylic acids is 1. The summed E-state index contributed by atoms with van der Waals surface area (Å²) >= 11 is 6.16. The van der Waals surface area contributed by atoms with E-state index in [9.17, 15) is 18.7 Å². The van der Waals surface area contributed by atoms with Crippen LogP contribution in [0.2, 0.25) is 5.02 Å². The molecule has 9 nitrogen and oxygen atoms in total. The van der Waals surface area contributed by atoms with Crippen LogP contribution < -0.4 is 16.0 Å². The molecule has 5 rings (SSSR count). The first-order valence-corrected chi connectivity index (χ1v) is 14.8. The van der Waals surface area contributed by atoms with Gasteiger partial charge in [0.05, 0.1) is 27.9 Å². The second-order valence-electron chi connectivity index (χ2n) is 11.7. The molecule has 3 aliphatic rings. The third-order valence-corrected chi connectivity index (χ3v) is 8.70. The Morgan fingerprint density at radius 1 is 1.18 bits per heavy atom. The predicted molar refractivity (Wildman–Crippen MR) is 165 cm³/mol. The molecular weight excluding hydrogens is 614 g/mol. The zero-order valence-electron chi connectivity index (χ0n) is 25.4. The molecule has 0 bridgehead atoms. The van der Waals surface area contributed by atoms with E-state index in [1.807, 2.05) is 39.5 Å². The van der Waals surface area contributed by atoms with Crippen molar-refractivity contribution in [3.05, 3.63) is 76.1 Å². The molecular formula is C31H34ClF4N7O2. The van der Waals surface area contributed by atoms with Crippen molar-refractivity contribution in [2.75, 3.05) is 23.7 Å². The van der Waals surface area contributed by atoms with Gasteiger partial charge in [-0.05, 0) is 56.7 Å². The number of carbonyl (C=O) groups is 1. The van der Waals surface area contributed by atoms with E-state index in [0.717, 1.165) is 11.6 Å². The van der Waals surface area contributed by atoms with Gasteiger partial charge in [-0.25, -0.2) is 27.5 Å². The summed E-state index contributed by atoms with van der Waals surface area (Å²) in [4.78, 5) is 26.5. The molecule has 1 aromatic heterocycles. The van der Waals surface area contributed by atoms with Crippen LogP contribution in [-0.2, 0) is 4.79 Å². The van der Waals surface area contributed by atoms with Crippen LogP contribution in [0, 0.1) is 29.2 Å². The number of piperazine rings is 1. The summed E-state index contributed by atoms with van der Waals surface area (Å²) in [5, 5.41) is 14.2. The number of pyridine rings is 1. The number of anilines is 2. The monoisotopic (exact) mass is 647 g/mol. The minimum absolute atomic E-state index is 0.00380. The fourth-order valence-corrected chi connectivity index (χ4v) is 6.52. The van der Waals surface area contributed by atoms with E-state index in [1.54, 1.807) is 17.2 Å². The molecule has 1 aromatic carbocycles. The molecule has 2 aromatic rings. The standard InChI is InChI=1S/C31H34ClF4N7O2/c1-7-19(44)42-15(5)11-41(12-16(42)6)29-17-10-18(33)27(20-21(32)25(37)24(36)23(35)22(20)34)39-30(17)43(31(45)40-29)28-14(4)8-9-38-26(28)13(2)3/h7-10,13,15-16,26,31,38,45H,1,11-12,37H2,2-6H3/t15-,16+,26?,31?. The lowest BCUT2D eigenvalue weighted by molar-refractivity contribution is -0.132. The highest BCUT2D eigenvalue weighted by Crippen LogP contribution is 2.42. The Morgan fingerprint density at radius 2 is 1.82 bits per heavy atom. The van der Waals surface area contributed by atoms with Gasteiger partial charge in [-0.2, -0.15) is 0 Å². The van der Waals surface area contributed by atoms with Gasteiger partial charge in [-0.1, -0.05) is 32.0 Å². The Labute approximate surface area is 263 Å². The maximum atomic E-state index is 16.0. The van der Waals surface area contributed by atoms with Gasteiger partial charge in [0.25, 0.3) is 0 Å². The summed E-state index contributed by atoms with van der Waals surface area (Å²) in [6, 6.07) is 0.0839. The van der Waals surface area contributed by atoms with E-state index in [1.165, 1.54) is 11.0 Å². The number of amides is 1. The molecule has 14 heteroatoms. The number of dihydropyridines is 1. The van der Waals surface area contributed by atoms with Gasteiger partial charge >= 0.3 is 0 Å². The SMILES string of the molecule is C=CC(=O)N1[C@H](C)CN(C2=NC(O)N(C3=C(C)C=CNC3C(C)C)c3nc(-c4c(F)c(F)c(F)c(N)c4Cl)c(F)cc32)C[C@@H]1C. The van der Waals surface area contributed by atoms with Crippen LogP contribution in [-0.4, -0.2) is 69.2 Å². The average Bonchev–Trinajstić information content (AvgIpc) is 2.99. The van der Waals surface area contributed by atoms with Crippen molar-refractivity contribution in [1.82, 2.24) is 20.1 Å². The van der Waals surface area contributed by atoms with Crippen molar-refractivity contribution in [1.29, 1.82) is 0 Å². The summed E-state index contributed by atoms with van der Waals surface area (Å²) in [7, 11) is 0. The molecule has 1 saturated heterocycles. The van der Waals surface area contributed by atoms with Crippen molar-refractivity contribution < 1.29 is 27.5 Å². The number of halogens is 5. The molecule has 45 heavy (non-hydrogen) atoms. The van der Waals surface area contributed by atoms with Gasteiger partial charge in [0.2, 0.25) is 12.3 Å². The summed E-state index contributed by atoms with van der Waals surface area (Å²) in [5.74, 6) is -6.60. The summed E-state index contributed by atoms with van der Waals surface area (Å²) in [5.41, 5.74) is 4.55. The minimum Gasteiger partial charge on any atom is -0.395 e. The number of fused-ring (bicyclic) bond motifs is 1. The van der Waals surface area contributed by atoms with Gasteiger partial charge in [0, 0.05) is 30.9 Å². The molecule has 3 aliphatic heterocycles. The number of aliphatic hydroxyl groups excluding tert-OH is 1. The average molecular weight is 648 g/mol.